The Morgan fingerprint density at radius 1 is 0.682 bits per heavy atom. The van der Waals surface area contributed by atoms with Gasteiger partial charge >= 0.3 is 6.01 Å². The van der Waals surface area contributed by atoms with E-state index in [0.29, 0.717) is 5.71 Å². The summed E-state index contributed by atoms with van der Waals surface area (Å²) in [4.78, 5) is 8.70. The molecule has 0 unspecified atom stereocenters. The molecule has 5 nitrogen and oxygen atoms in total. The molecule has 44 heavy (non-hydrogen) atoms. The summed E-state index contributed by atoms with van der Waals surface area (Å²) in [7, 11) is 0. The van der Waals surface area contributed by atoms with Crippen LogP contribution in [-0.4, -0.2) is 16.0 Å². The van der Waals surface area contributed by atoms with Gasteiger partial charge in [-0.15, -0.1) is 42.0 Å². The van der Waals surface area contributed by atoms with Crippen LogP contribution in [0.5, 0.6) is 0 Å². The van der Waals surface area contributed by atoms with E-state index in [9.17, 15) is 0 Å². The van der Waals surface area contributed by atoms with Gasteiger partial charge in [-0.3, -0.25) is 0 Å². The average Bonchev–Trinajstić information content (AvgIpc) is 3.61. The smallest absolute Gasteiger partial charge is 0.495 e. The quantitative estimate of drug-likeness (QED) is 0.134. The van der Waals surface area contributed by atoms with Gasteiger partial charge < -0.3 is 9.40 Å². The summed E-state index contributed by atoms with van der Waals surface area (Å²) < 4.78 is 10.3. The fourth-order valence-electron chi connectivity index (χ4n) is 5.40. The largest absolute Gasteiger partial charge is 0.501 e. The Balaban J connectivity index is 0.000000207. The van der Waals surface area contributed by atoms with Crippen LogP contribution in [-0.2, 0) is 20.1 Å². The molecule has 0 aliphatic carbocycles. The molecule has 1 aliphatic heterocycles. The zero-order valence-corrected chi connectivity index (χ0v) is 26.9. The van der Waals surface area contributed by atoms with E-state index in [1.54, 1.807) is 6.20 Å². The maximum Gasteiger partial charge on any atom is 0.501 e. The molecule has 4 heterocycles. The van der Waals surface area contributed by atoms with E-state index in [4.69, 9.17) is 4.42 Å². The van der Waals surface area contributed by atoms with Crippen molar-refractivity contribution in [1.29, 1.82) is 0 Å². The summed E-state index contributed by atoms with van der Waals surface area (Å²) >= 11 is 0. The Morgan fingerprint density at radius 3 is 2.18 bits per heavy atom. The first-order valence-corrected chi connectivity index (χ1v) is 14.2. The van der Waals surface area contributed by atoms with Gasteiger partial charge in [0.1, 0.15) is 0 Å². The number of para-hydroxylation sites is 2. The second kappa shape index (κ2) is 12.3. The van der Waals surface area contributed by atoms with Crippen molar-refractivity contribution in [3.8, 4) is 11.3 Å². The van der Waals surface area contributed by atoms with Crippen molar-refractivity contribution in [2.75, 3.05) is 0 Å². The van der Waals surface area contributed by atoms with Gasteiger partial charge in [-0.2, -0.15) is 12.1 Å². The summed E-state index contributed by atoms with van der Waals surface area (Å²) in [5, 5.41) is 2.03. The van der Waals surface area contributed by atoms with Crippen molar-refractivity contribution < 1.29 is 24.5 Å². The van der Waals surface area contributed by atoms with Crippen LogP contribution in [0.3, 0.4) is 0 Å². The maximum atomic E-state index is 6.15. The molecule has 3 aromatic heterocycles. The third-order valence-electron chi connectivity index (χ3n) is 7.34. The topological polar surface area (TPSA) is 44.9 Å². The van der Waals surface area contributed by atoms with Gasteiger partial charge in [-0.1, -0.05) is 40.3 Å². The Bertz CT molecular complexity index is 2170. The van der Waals surface area contributed by atoms with E-state index in [2.05, 4.69) is 89.0 Å². The molecule has 4 aromatic carbocycles. The third kappa shape index (κ3) is 5.55. The molecule has 6 heteroatoms. The number of furan rings is 1. The first kappa shape index (κ1) is 29.1. The van der Waals surface area contributed by atoms with Gasteiger partial charge in [0.25, 0.3) is 11.4 Å². The molecular weight excluding hydrogens is 721 g/mol. The standard InChI is InChI=1S/C26H18N3O.C12H10N.Ir/c1-17-13-18(2)15-19(14-17)28-16-29(23-10-4-3-9-22(23)28)24-11-5-7-20-21-8-6-12-27-26(21)30-25(20)24;1-10-7-8-12(13-9-10)11-5-3-2-4-6-11;/h3-10,12-15H,1-2H3;2-5,7-9H,1H3;/q+1;-1;. The van der Waals surface area contributed by atoms with Gasteiger partial charge in [0.2, 0.25) is 11.4 Å². The molecule has 0 saturated carbocycles. The van der Waals surface area contributed by atoms with Crippen molar-refractivity contribution in [2.24, 2.45) is 0 Å². The maximum absolute atomic E-state index is 6.15. The van der Waals surface area contributed by atoms with Gasteiger partial charge in [0.15, 0.2) is 5.69 Å². The molecule has 8 rings (SSSR count). The number of pyridine rings is 2. The van der Waals surface area contributed by atoms with Gasteiger partial charge in [-0.25, -0.2) is 4.98 Å². The second-order valence-electron chi connectivity index (χ2n) is 10.6. The molecule has 0 atom stereocenters. The third-order valence-corrected chi connectivity index (χ3v) is 7.34. The zero-order valence-electron chi connectivity index (χ0n) is 24.5. The minimum atomic E-state index is 0. The number of fused-ring (bicyclic) bond motifs is 4. The Labute approximate surface area is 269 Å². The van der Waals surface area contributed by atoms with Gasteiger partial charge in [-0.05, 0) is 59.9 Å². The monoisotopic (exact) mass is 749 g/mol. The Hall–Kier alpha value is -4.99. The number of nitrogens with zero attached hydrogens (tertiary/aromatic N) is 4. The van der Waals surface area contributed by atoms with Crippen molar-refractivity contribution in [3.05, 3.63) is 144 Å². The van der Waals surface area contributed by atoms with Crippen LogP contribution < -0.4 is 9.15 Å². The van der Waals surface area contributed by atoms with Gasteiger partial charge in [0, 0.05) is 62.2 Å². The van der Waals surface area contributed by atoms with Crippen LogP contribution in [0.1, 0.15) is 16.7 Å². The summed E-state index contributed by atoms with van der Waals surface area (Å²) in [5.41, 5.74) is 11.1. The molecule has 0 saturated heterocycles. The fourth-order valence-corrected chi connectivity index (χ4v) is 5.40. The molecule has 0 spiro atoms. The van der Waals surface area contributed by atoms with Crippen LogP contribution in [0.2, 0.25) is 0 Å². The molecule has 0 bridgehead atoms. The molecule has 1 aliphatic rings. The molecule has 1 radical (unpaired) electrons. The number of hydrogen-bond acceptors (Lipinski definition) is 3. The molecule has 0 amide bonds. The number of benzene rings is 4. The van der Waals surface area contributed by atoms with Crippen LogP contribution in [0.4, 0.5) is 22.7 Å². The number of aryl methyl sites for hydroxylation is 3. The molecule has 215 valence electrons. The molecule has 0 fully saturated rings. The summed E-state index contributed by atoms with van der Waals surface area (Å²) in [5.74, 6) is 0. The van der Waals surface area contributed by atoms with Crippen molar-refractivity contribution in [3.63, 3.8) is 0 Å². The first-order valence-electron chi connectivity index (χ1n) is 14.2. The van der Waals surface area contributed by atoms with Crippen LogP contribution in [0, 0.1) is 32.9 Å². The molecule has 0 N–H and O–H groups in total. The second-order valence-corrected chi connectivity index (χ2v) is 10.6. The average molecular weight is 749 g/mol. The van der Waals surface area contributed by atoms with Gasteiger partial charge in [0.05, 0.1) is 5.58 Å². The predicted octanol–water partition coefficient (Wildman–Crippen LogP) is 9.11. The Kier molecular flexibility index (Phi) is 8.15. The number of hydrogen-bond donors (Lipinski definition) is 0. The number of rotatable bonds is 3. The zero-order chi connectivity index (χ0) is 29.3. The minimum absolute atomic E-state index is 0. The SMILES string of the molecule is Cc1cc(C)cc([N+]2=C=[N+](c3[c-]ccc4c3oc3ncccc34)c3ccccc32)c1.Cc1ccc(-c2[c-]cccc2)nc1.[Ir]. The van der Waals surface area contributed by atoms with Crippen molar-refractivity contribution >= 4 is 50.8 Å². The van der Waals surface area contributed by atoms with Crippen LogP contribution in [0.25, 0.3) is 33.3 Å². The minimum Gasteiger partial charge on any atom is -0.495 e. The van der Waals surface area contributed by atoms with E-state index in [1.807, 2.05) is 78.4 Å². The van der Waals surface area contributed by atoms with E-state index >= 15 is 0 Å². The van der Waals surface area contributed by atoms with Crippen molar-refractivity contribution in [2.45, 2.75) is 20.8 Å². The number of aromatic nitrogens is 2. The van der Waals surface area contributed by atoms with E-state index in [1.165, 1.54) is 16.7 Å². The first-order chi connectivity index (χ1) is 21.0. The Morgan fingerprint density at radius 2 is 1.45 bits per heavy atom. The summed E-state index contributed by atoms with van der Waals surface area (Å²) in [6.45, 7) is 6.27. The predicted molar refractivity (Wildman–Crippen MR) is 174 cm³/mol. The summed E-state index contributed by atoms with van der Waals surface area (Å²) in [6, 6.07) is 44.7. The van der Waals surface area contributed by atoms with E-state index in [-0.39, 0.29) is 20.1 Å². The van der Waals surface area contributed by atoms with E-state index < -0.39 is 0 Å². The molecule has 7 aromatic rings. The summed E-state index contributed by atoms with van der Waals surface area (Å²) in [6.07, 6.45) is 3.62. The normalized spacial score (nSPS) is 11.7. The molecular formula is C38H28IrN4O. The van der Waals surface area contributed by atoms with Crippen LogP contribution >= 0.6 is 0 Å². The van der Waals surface area contributed by atoms with Crippen LogP contribution in [0.15, 0.2) is 120 Å². The van der Waals surface area contributed by atoms with Crippen molar-refractivity contribution in [1.82, 2.24) is 19.1 Å². The fraction of sp³-hybridized carbons (Fsp3) is 0.0789. The van der Waals surface area contributed by atoms with E-state index in [0.717, 1.165) is 50.4 Å².